The van der Waals surface area contributed by atoms with Gasteiger partial charge in [-0.15, -0.1) is 0 Å². The number of rotatable bonds is 6. The molecule has 1 aromatic heterocycles. The van der Waals surface area contributed by atoms with Crippen molar-refractivity contribution in [1.82, 2.24) is 19.6 Å². The van der Waals surface area contributed by atoms with Crippen molar-refractivity contribution in [3.8, 4) is 0 Å². The Labute approximate surface area is 125 Å². The standard InChI is InChI=1S/C13H22N4O3S/c1-21(19,20)17-9-4-11(5-10-17)13(18)16-6-2-3-12-14-7-8-15-12/h7-8,11H,2-6,9-10H2,1H3,(H,14,15)(H,16,18). The lowest BCUT2D eigenvalue weighted by Crippen LogP contribution is -2.42. The molecule has 0 radical (unpaired) electrons. The Bertz CT molecular complexity index is 548. The molecule has 118 valence electrons. The number of hydrogen-bond acceptors (Lipinski definition) is 4. The normalized spacial score (nSPS) is 17.8. The average molecular weight is 314 g/mol. The quantitative estimate of drug-likeness (QED) is 0.730. The smallest absolute Gasteiger partial charge is 0.223 e. The van der Waals surface area contributed by atoms with Crippen LogP contribution in [0.25, 0.3) is 0 Å². The third kappa shape index (κ3) is 4.82. The lowest BCUT2D eigenvalue weighted by Gasteiger charge is -2.29. The van der Waals surface area contributed by atoms with E-state index in [4.69, 9.17) is 0 Å². The summed E-state index contributed by atoms with van der Waals surface area (Å²) in [5.74, 6) is 0.875. The number of sulfonamides is 1. The Hall–Kier alpha value is -1.41. The number of nitrogens with one attached hydrogen (secondary N) is 2. The minimum Gasteiger partial charge on any atom is -0.356 e. The van der Waals surface area contributed by atoms with Crippen LogP contribution in [0, 0.1) is 5.92 Å². The van der Waals surface area contributed by atoms with Gasteiger partial charge in [0.05, 0.1) is 6.26 Å². The van der Waals surface area contributed by atoms with E-state index in [2.05, 4.69) is 15.3 Å². The van der Waals surface area contributed by atoms with E-state index in [1.807, 2.05) is 0 Å². The van der Waals surface area contributed by atoms with E-state index >= 15 is 0 Å². The van der Waals surface area contributed by atoms with E-state index in [-0.39, 0.29) is 11.8 Å². The van der Waals surface area contributed by atoms with Crippen LogP contribution in [0.2, 0.25) is 0 Å². The van der Waals surface area contributed by atoms with Crippen molar-refractivity contribution in [2.45, 2.75) is 25.7 Å². The zero-order chi connectivity index (χ0) is 15.3. The topological polar surface area (TPSA) is 95.2 Å². The second kappa shape index (κ2) is 7.04. The summed E-state index contributed by atoms with van der Waals surface area (Å²) in [7, 11) is -3.13. The van der Waals surface area contributed by atoms with Crippen molar-refractivity contribution >= 4 is 15.9 Å². The van der Waals surface area contributed by atoms with E-state index in [0.717, 1.165) is 18.7 Å². The summed E-state index contributed by atoms with van der Waals surface area (Å²) in [6, 6.07) is 0. The Balaban J connectivity index is 1.65. The van der Waals surface area contributed by atoms with E-state index < -0.39 is 10.0 Å². The lowest BCUT2D eigenvalue weighted by atomic mass is 9.97. The Kier molecular flexibility index (Phi) is 5.35. The predicted molar refractivity (Wildman–Crippen MR) is 79.1 cm³/mol. The van der Waals surface area contributed by atoms with Crippen LogP contribution >= 0.6 is 0 Å². The minimum atomic E-state index is -3.13. The van der Waals surface area contributed by atoms with Crippen molar-refractivity contribution in [1.29, 1.82) is 0 Å². The fourth-order valence-corrected chi connectivity index (χ4v) is 3.37. The van der Waals surface area contributed by atoms with Crippen LogP contribution in [0.5, 0.6) is 0 Å². The van der Waals surface area contributed by atoms with Gasteiger partial charge >= 0.3 is 0 Å². The van der Waals surface area contributed by atoms with Crippen molar-refractivity contribution in [3.63, 3.8) is 0 Å². The van der Waals surface area contributed by atoms with E-state index in [1.165, 1.54) is 10.6 Å². The van der Waals surface area contributed by atoms with E-state index in [1.54, 1.807) is 12.4 Å². The summed E-state index contributed by atoms with van der Waals surface area (Å²) in [4.78, 5) is 19.2. The van der Waals surface area contributed by atoms with E-state index in [0.29, 0.717) is 32.5 Å². The highest BCUT2D eigenvalue weighted by molar-refractivity contribution is 7.88. The van der Waals surface area contributed by atoms with Gasteiger partial charge in [-0.05, 0) is 19.3 Å². The van der Waals surface area contributed by atoms with Gasteiger partial charge in [0.25, 0.3) is 0 Å². The number of imidazole rings is 1. The van der Waals surface area contributed by atoms with Gasteiger partial charge < -0.3 is 10.3 Å². The fourth-order valence-electron chi connectivity index (χ4n) is 2.50. The maximum Gasteiger partial charge on any atom is 0.223 e. The molecule has 8 heteroatoms. The maximum atomic E-state index is 12.0. The first-order valence-corrected chi connectivity index (χ1v) is 9.03. The molecule has 1 fully saturated rings. The van der Waals surface area contributed by atoms with Gasteiger partial charge in [-0.2, -0.15) is 0 Å². The summed E-state index contributed by atoms with van der Waals surface area (Å²) in [6.45, 7) is 1.48. The molecule has 0 atom stereocenters. The van der Waals surface area contributed by atoms with Crippen LogP contribution in [-0.4, -0.2) is 54.5 Å². The number of aryl methyl sites for hydroxylation is 1. The van der Waals surface area contributed by atoms with Gasteiger partial charge in [-0.25, -0.2) is 17.7 Å². The lowest BCUT2D eigenvalue weighted by molar-refractivity contribution is -0.126. The molecule has 1 aromatic rings. The van der Waals surface area contributed by atoms with Crippen LogP contribution in [-0.2, 0) is 21.2 Å². The number of piperidine rings is 1. The Morgan fingerprint density at radius 3 is 2.76 bits per heavy atom. The number of aromatic nitrogens is 2. The highest BCUT2D eigenvalue weighted by atomic mass is 32.2. The van der Waals surface area contributed by atoms with Crippen LogP contribution in [0.1, 0.15) is 25.1 Å². The molecule has 1 saturated heterocycles. The monoisotopic (exact) mass is 314 g/mol. The van der Waals surface area contributed by atoms with Crippen molar-refractivity contribution in [2.75, 3.05) is 25.9 Å². The molecule has 2 heterocycles. The van der Waals surface area contributed by atoms with Gasteiger partial charge in [0, 0.05) is 44.4 Å². The minimum absolute atomic E-state index is 0.0302. The second-order valence-corrected chi connectivity index (χ2v) is 7.35. The van der Waals surface area contributed by atoms with Gasteiger partial charge in [0.2, 0.25) is 15.9 Å². The van der Waals surface area contributed by atoms with Gasteiger partial charge in [-0.1, -0.05) is 0 Å². The highest BCUT2D eigenvalue weighted by Crippen LogP contribution is 2.19. The molecule has 1 aliphatic heterocycles. The third-order valence-corrected chi connectivity index (χ3v) is 5.04. The molecule has 0 bridgehead atoms. The number of hydrogen-bond donors (Lipinski definition) is 2. The number of nitrogens with zero attached hydrogens (tertiary/aromatic N) is 2. The zero-order valence-electron chi connectivity index (χ0n) is 12.2. The highest BCUT2D eigenvalue weighted by Gasteiger charge is 2.28. The Morgan fingerprint density at radius 2 is 2.19 bits per heavy atom. The SMILES string of the molecule is CS(=O)(=O)N1CCC(C(=O)NCCCc2ncc[nH]2)CC1. The van der Waals surface area contributed by atoms with Crippen molar-refractivity contribution in [3.05, 3.63) is 18.2 Å². The molecular weight excluding hydrogens is 292 g/mol. The van der Waals surface area contributed by atoms with Crippen LogP contribution in [0.4, 0.5) is 0 Å². The number of carbonyl (C=O) groups excluding carboxylic acids is 1. The molecule has 7 nitrogen and oxygen atoms in total. The largest absolute Gasteiger partial charge is 0.356 e. The molecule has 0 spiro atoms. The van der Waals surface area contributed by atoms with Crippen molar-refractivity contribution < 1.29 is 13.2 Å². The number of amides is 1. The second-order valence-electron chi connectivity index (χ2n) is 5.37. The first-order valence-electron chi connectivity index (χ1n) is 7.18. The summed E-state index contributed by atoms with van der Waals surface area (Å²) in [5, 5.41) is 2.92. The zero-order valence-corrected chi connectivity index (χ0v) is 13.0. The maximum absolute atomic E-state index is 12.0. The predicted octanol–water partition coefficient (Wildman–Crippen LogP) is 0.130. The van der Waals surface area contributed by atoms with E-state index in [9.17, 15) is 13.2 Å². The first-order chi connectivity index (χ1) is 9.97. The summed E-state index contributed by atoms with van der Waals surface area (Å²) >= 11 is 0. The summed E-state index contributed by atoms with van der Waals surface area (Å²) in [5.41, 5.74) is 0. The molecule has 21 heavy (non-hydrogen) atoms. The summed E-state index contributed by atoms with van der Waals surface area (Å²) in [6.07, 6.45) is 7.53. The van der Waals surface area contributed by atoms with Crippen LogP contribution in [0.3, 0.4) is 0 Å². The molecular formula is C13H22N4O3S. The Morgan fingerprint density at radius 1 is 1.48 bits per heavy atom. The number of aromatic amines is 1. The molecule has 1 amide bonds. The summed E-state index contributed by atoms with van der Waals surface area (Å²) < 4.78 is 24.2. The molecule has 2 N–H and O–H groups in total. The molecule has 0 saturated carbocycles. The van der Waals surface area contributed by atoms with Crippen molar-refractivity contribution in [2.24, 2.45) is 5.92 Å². The van der Waals surface area contributed by atoms with Crippen LogP contribution < -0.4 is 5.32 Å². The molecule has 2 rings (SSSR count). The average Bonchev–Trinajstić information content (AvgIpc) is 2.96. The number of carbonyl (C=O) groups is 1. The fraction of sp³-hybridized carbons (Fsp3) is 0.692. The number of H-pyrrole nitrogens is 1. The molecule has 0 aromatic carbocycles. The van der Waals surface area contributed by atoms with Gasteiger partial charge in [0.1, 0.15) is 5.82 Å². The first kappa shape index (κ1) is 16.0. The van der Waals surface area contributed by atoms with Gasteiger partial charge in [-0.3, -0.25) is 4.79 Å². The molecule has 1 aliphatic rings. The van der Waals surface area contributed by atoms with Gasteiger partial charge in [0.15, 0.2) is 0 Å². The third-order valence-electron chi connectivity index (χ3n) is 3.74. The molecule has 0 aliphatic carbocycles. The van der Waals surface area contributed by atoms with Crippen LogP contribution in [0.15, 0.2) is 12.4 Å². The molecule has 0 unspecified atom stereocenters.